The van der Waals surface area contributed by atoms with E-state index in [-0.39, 0.29) is 0 Å². The molecule has 0 amide bonds. The van der Waals surface area contributed by atoms with Gasteiger partial charge in [0.25, 0.3) is 0 Å². The summed E-state index contributed by atoms with van der Waals surface area (Å²) in [6.45, 7) is 7.19. The van der Waals surface area contributed by atoms with Gasteiger partial charge in [-0.2, -0.15) is 0 Å². The third-order valence-corrected chi connectivity index (χ3v) is 4.76. The summed E-state index contributed by atoms with van der Waals surface area (Å²) in [5.41, 5.74) is 0.359. The average molecular weight is 232 g/mol. The first-order chi connectivity index (χ1) is 7.01. The fourth-order valence-corrected chi connectivity index (χ4v) is 3.13. The molecule has 0 atom stereocenters. The fraction of sp³-hybridized carbons (Fsp3) is 0.700. The van der Waals surface area contributed by atoms with Crippen molar-refractivity contribution in [2.45, 2.75) is 32.7 Å². The van der Waals surface area contributed by atoms with E-state index in [1.807, 2.05) is 0 Å². The standard InChI is InChI=1S/C10H20O4Si/c1-6-7-8-15(12-4,13-5)14-10(11)9(2)3/h2,6-8H2,1,3-5H3. The summed E-state index contributed by atoms with van der Waals surface area (Å²) < 4.78 is 15.7. The molecule has 0 radical (unpaired) electrons. The first kappa shape index (κ1) is 14.3. The minimum absolute atomic E-state index is 0.359. The number of hydrogen-bond donors (Lipinski definition) is 0. The number of hydrogen-bond acceptors (Lipinski definition) is 4. The van der Waals surface area contributed by atoms with Gasteiger partial charge in [-0.3, -0.25) is 0 Å². The molecule has 0 fully saturated rings. The van der Waals surface area contributed by atoms with E-state index in [1.54, 1.807) is 6.92 Å². The molecule has 0 rings (SSSR count). The van der Waals surface area contributed by atoms with Crippen molar-refractivity contribution in [3.8, 4) is 0 Å². The van der Waals surface area contributed by atoms with E-state index in [1.165, 1.54) is 14.2 Å². The molecule has 0 aromatic heterocycles. The van der Waals surface area contributed by atoms with Gasteiger partial charge >= 0.3 is 14.8 Å². The topological polar surface area (TPSA) is 44.8 Å². The number of carbonyl (C=O) groups is 1. The number of unbranched alkanes of at least 4 members (excludes halogenated alkanes) is 1. The van der Waals surface area contributed by atoms with Crippen molar-refractivity contribution < 1.29 is 18.1 Å². The average Bonchev–Trinajstić information content (AvgIpc) is 2.24. The minimum atomic E-state index is -2.80. The Balaban J connectivity index is 4.48. The van der Waals surface area contributed by atoms with Crippen molar-refractivity contribution in [1.29, 1.82) is 0 Å². The van der Waals surface area contributed by atoms with Gasteiger partial charge in [0.05, 0.1) is 0 Å². The van der Waals surface area contributed by atoms with E-state index in [0.29, 0.717) is 11.6 Å². The van der Waals surface area contributed by atoms with E-state index in [0.717, 1.165) is 12.8 Å². The van der Waals surface area contributed by atoms with Crippen molar-refractivity contribution >= 4 is 14.8 Å². The third kappa shape index (κ3) is 4.59. The summed E-state index contributed by atoms with van der Waals surface area (Å²) in [5, 5.41) is 0. The third-order valence-electron chi connectivity index (χ3n) is 2.06. The van der Waals surface area contributed by atoms with Gasteiger partial charge in [0.1, 0.15) is 0 Å². The van der Waals surface area contributed by atoms with Crippen LogP contribution in [0.4, 0.5) is 0 Å². The van der Waals surface area contributed by atoms with Crippen LogP contribution in [0.15, 0.2) is 12.2 Å². The summed E-state index contributed by atoms with van der Waals surface area (Å²) in [5.74, 6) is -0.443. The molecule has 0 aliphatic heterocycles. The fourth-order valence-electron chi connectivity index (χ4n) is 1.04. The number of carbonyl (C=O) groups excluding carboxylic acids is 1. The van der Waals surface area contributed by atoms with E-state index < -0.39 is 14.8 Å². The van der Waals surface area contributed by atoms with Gasteiger partial charge in [0.2, 0.25) is 0 Å². The highest BCUT2D eigenvalue weighted by molar-refractivity contribution is 6.62. The van der Waals surface area contributed by atoms with Gasteiger partial charge in [-0.25, -0.2) is 4.79 Å². The lowest BCUT2D eigenvalue weighted by atomic mass is 10.4. The second kappa shape index (κ2) is 6.76. The summed E-state index contributed by atoms with van der Waals surface area (Å²) >= 11 is 0. The lowest BCUT2D eigenvalue weighted by Crippen LogP contribution is -2.45. The molecule has 0 aliphatic carbocycles. The van der Waals surface area contributed by atoms with Crippen LogP contribution in [-0.4, -0.2) is 29.0 Å². The lowest BCUT2D eigenvalue weighted by Gasteiger charge is -2.25. The highest BCUT2D eigenvalue weighted by Gasteiger charge is 2.42. The van der Waals surface area contributed by atoms with Crippen molar-refractivity contribution in [3.05, 3.63) is 12.2 Å². The molecule has 88 valence electrons. The Hall–Kier alpha value is -0.653. The molecule has 5 heteroatoms. The van der Waals surface area contributed by atoms with E-state index in [4.69, 9.17) is 13.3 Å². The van der Waals surface area contributed by atoms with Crippen molar-refractivity contribution in [2.75, 3.05) is 14.2 Å². The molecule has 0 bridgehead atoms. The van der Waals surface area contributed by atoms with Crippen LogP contribution < -0.4 is 0 Å². The predicted octanol–water partition coefficient (Wildman–Crippen LogP) is 2.14. The summed E-state index contributed by atoms with van der Waals surface area (Å²) in [7, 11) is 0.221. The monoisotopic (exact) mass is 232 g/mol. The molecular formula is C10H20O4Si. The van der Waals surface area contributed by atoms with Crippen molar-refractivity contribution in [1.82, 2.24) is 0 Å². The van der Waals surface area contributed by atoms with E-state index in [9.17, 15) is 4.79 Å². The first-order valence-electron chi connectivity index (χ1n) is 5.00. The maximum Gasteiger partial charge on any atom is 0.567 e. The molecule has 0 aromatic rings. The minimum Gasteiger partial charge on any atom is -0.470 e. The summed E-state index contributed by atoms with van der Waals surface area (Å²) in [4.78, 5) is 11.4. The second-order valence-electron chi connectivity index (χ2n) is 3.36. The molecule has 0 aromatic carbocycles. The summed E-state index contributed by atoms with van der Waals surface area (Å²) in [6.07, 6.45) is 1.92. The van der Waals surface area contributed by atoms with Crippen LogP contribution in [0.5, 0.6) is 0 Å². The highest BCUT2D eigenvalue weighted by Crippen LogP contribution is 2.18. The molecule has 0 saturated heterocycles. The van der Waals surface area contributed by atoms with Gasteiger partial charge in [0, 0.05) is 25.8 Å². The van der Waals surface area contributed by atoms with Crippen LogP contribution in [0.3, 0.4) is 0 Å². The molecule has 0 unspecified atom stereocenters. The Labute approximate surface area is 92.6 Å². The van der Waals surface area contributed by atoms with E-state index in [2.05, 4.69) is 13.5 Å². The van der Waals surface area contributed by atoms with Crippen LogP contribution in [-0.2, 0) is 18.1 Å². The van der Waals surface area contributed by atoms with Crippen LogP contribution in [0.1, 0.15) is 26.7 Å². The second-order valence-corrected chi connectivity index (χ2v) is 6.25. The first-order valence-corrected chi connectivity index (χ1v) is 6.93. The highest BCUT2D eigenvalue weighted by atomic mass is 28.4. The molecule has 0 heterocycles. The maximum atomic E-state index is 11.4. The zero-order valence-electron chi connectivity index (χ0n) is 9.96. The molecule has 0 N–H and O–H groups in total. The quantitative estimate of drug-likeness (QED) is 0.498. The van der Waals surface area contributed by atoms with Gasteiger partial charge < -0.3 is 13.3 Å². The predicted molar refractivity (Wildman–Crippen MR) is 60.4 cm³/mol. The largest absolute Gasteiger partial charge is 0.567 e. The summed E-state index contributed by atoms with van der Waals surface area (Å²) in [6, 6.07) is 0.648. The van der Waals surface area contributed by atoms with Gasteiger partial charge in [-0.15, -0.1) is 0 Å². The zero-order chi connectivity index (χ0) is 11.9. The Morgan fingerprint density at radius 2 is 1.87 bits per heavy atom. The molecule has 0 aliphatic rings. The molecular weight excluding hydrogens is 212 g/mol. The Morgan fingerprint density at radius 3 is 2.20 bits per heavy atom. The van der Waals surface area contributed by atoms with E-state index >= 15 is 0 Å². The van der Waals surface area contributed by atoms with Crippen LogP contribution in [0.2, 0.25) is 6.04 Å². The molecule has 0 saturated carbocycles. The maximum absolute atomic E-state index is 11.4. The smallest absolute Gasteiger partial charge is 0.470 e. The van der Waals surface area contributed by atoms with Gasteiger partial charge in [-0.05, 0) is 13.3 Å². The van der Waals surface area contributed by atoms with Crippen LogP contribution >= 0.6 is 0 Å². The van der Waals surface area contributed by atoms with Gasteiger partial charge in [0.15, 0.2) is 0 Å². The SMILES string of the molecule is C=C(C)C(=O)O[Si](CCCC)(OC)OC. The van der Waals surface area contributed by atoms with Crippen molar-refractivity contribution in [3.63, 3.8) is 0 Å². The molecule has 4 nitrogen and oxygen atoms in total. The van der Waals surface area contributed by atoms with Crippen LogP contribution in [0.25, 0.3) is 0 Å². The lowest BCUT2D eigenvalue weighted by molar-refractivity contribution is -0.134. The Bertz CT molecular complexity index is 223. The molecule has 15 heavy (non-hydrogen) atoms. The Morgan fingerprint density at radius 1 is 1.33 bits per heavy atom. The molecule has 0 spiro atoms. The van der Waals surface area contributed by atoms with Crippen molar-refractivity contribution in [2.24, 2.45) is 0 Å². The number of rotatable bonds is 7. The Kier molecular flexibility index (Phi) is 6.47. The zero-order valence-corrected chi connectivity index (χ0v) is 11.0. The van der Waals surface area contributed by atoms with Crippen LogP contribution in [0, 0.1) is 0 Å². The van der Waals surface area contributed by atoms with Gasteiger partial charge in [-0.1, -0.05) is 19.9 Å². The normalized spacial score (nSPS) is 11.2.